The number of fused-ring (bicyclic) bond motifs is 1. The first-order valence-electron chi connectivity index (χ1n) is 11.4. The van der Waals surface area contributed by atoms with Crippen LogP contribution in [0.2, 0.25) is 0 Å². The van der Waals surface area contributed by atoms with E-state index in [9.17, 15) is 4.79 Å². The van der Waals surface area contributed by atoms with E-state index in [0.717, 1.165) is 34.2 Å². The first kappa shape index (κ1) is 23.5. The molecule has 0 saturated heterocycles. The van der Waals surface area contributed by atoms with Gasteiger partial charge in [0, 0.05) is 24.5 Å². The van der Waals surface area contributed by atoms with Crippen molar-refractivity contribution in [3.8, 4) is 22.6 Å². The van der Waals surface area contributed by atoms with Gasteiger partial charge in [0.1, 0.15) is 11.9 Å². The highest BCUT2D eigenvalue weighted by atomic mass is 16.6. The second-order valence-corrected chi connectivity index (χ2v) is 9.37. The van der Waals surface area contributed by atoms with Crippen LogP contribution in [0.3, 0.4) is 0 Å². The molecule has 1 aliphatic rings. The van der Waals surface area contributed by atoms with E-state index in [1.807, 2.05) is 37.8 Å². The van der Waals surface area contributed by atoms with Gasteiger partial charge in [0.25, 0.3) is 0 Å². The summed E-state index contributed by atoms with van der Waals surface area (Å²) in [6.45, 7) is 6.23. The fourth-order valence-corrected chi connectivity index (χ4v) is 4.29. The molecule has 2 aromatic carbocycles. The predicted molar refractivity (Wildman–Crippen MR) is 130 cm³/mol. The summed E-state index contributed by atoms with van der Waals surface area (Å²) >= 11 is 0. The number of nitrogens with zero attached hydrogens (tertiary/aromatic N) is 3. The van der Waals surface area contributed by atoms with E-state index in [-0.39, 0.29) is 12.1 Å². The standard InChI is InChI=1S/C27H31N3O4/c1-27(2,3)34-26(31)30-11-10-20-13-24(32-4)25(33-5)14-22(20)23(30)12-18-6-8-19(9-7-18)21-15-28-17-29-16-21/h6-9,13-17,23H,10-12H2,1-5H3. The number of methoxy groups -OCH3 is 2. The fraction of sp³-hybridized carbons (Fsp3) is 0.370. The van der Waals surface area contributed by atoms with E-state index in [4.69, 9.17) is 14.2 Å². The molecule has 0 aliphatic carbocycles. The van der Waals surface area contributed by atoms with Gasteiger partial charge in [-0.05, 0) is 68.0 Å². The average Bonchev–Trinajstić information content (AvgIpc) is 2.83. The van der Waals surface area contributed by atoms with Gasteiger partial charge in [0.15, 0.2) is 11.5 Å². The SMILES string of the molecule is COc1cc2c(cc1OC)C(Cc1ccc(-c3cncnc3)cc1)N(C(=O)OC(C)(C)C)CC2. The third-order valence-electron chi connectivity index (χ3n) is 5.91. The van der Waals surface area contributed by atoms with Gasteiger partial charge in [0.05, 0.1) is 20.3 Å². The molecule has 1 amide bonds. The Bertz CT molecular complexity index is 1140. The summed E-state index contributed by atoms with van der Waals surface area (Å²) in [5.74, 6) is 1.34. The lowest BCUT2D eigenvalue weighted by atomic mass is 9.88. The molecule has 2 heterocycles. The molecule has 34 heavy (non-hydrogen) atoms. The Kier molecular flexibility index (Phi) is 6.72. The molecule has 0 bridgehead atoms. The van der Waals surface area contributed by atoms with Crippen molar-refractivity contribution in [2.24, 2.45) is 0 Å². The second-order valence-electron chi connectivity index (χ2n) is 9.37. The van der Waals surface area contributed by atoms with Crippen LogP contribution in [0.5, 0.6) is 11.5 Å². The topological polar surface area (TPSA) is 73.8 Å². The first-order chi connectivity index (χ1) is 16.3. The largest absolute Gasteiger partial charge is 0.493 e. The van der Waals surface area contributed by atoms with Crippen molar-refractivity contribution in [2.45, 2.75) is 45.3 Å². The van der Waals surface area contributed by atoms with Crippen LogP contribution in [-0.4, -0.2) is 47.3 Å². The number of carbonyl (C=O) groups is 1. The van der Waals surface area contributed by atoms with Gasteiger partial charge >= 0.3 is 6.09 Å². The Balaban J connectivity index is 1.69. The summed E-state index contributed by atoms with van der Waals surface area (Å²) in [5, 5.41) is 0. The number of benzene rings is 2. The third kappa shape index (κ3) is 5.14. The molecule has 0 radical (unpaired) electrons. The van der Waals surface area contributed by atoms with Crippen molar-refractivity contribution in [3.05, 3.63) is 71.8 Å². The van der Waals surface area contributed by atoms with Crippen LogP contribution in [0.1, 0.15) is 43.5 Å². The van der Waals surface area contributed by atoms with E-state index in [0.29, 0.717) is 24.5 Å². The highest BCUT2D eigenvalue weighted by Gasteiger charge is 2.34. The highest BCUT2D eigenvalue weighted by Crippen LogP contribution is 2.40. The molecule has 7 heteroatoms. The van der Waals surface area contributed by atoms with Crippen molar-refractivity contribution in [1.29, 1.82) is 0 Å². The predicted octanol–water partition coefficient (Wildman–Crippen LogP) is 5.24. The molecule has 1 aliphatic heterocycles. The normalized spacial score (nSPS) is 15.4. The molecule has 0 fully saturated rings. The van der Waals surface area contributed by atoms with Crippen molar-refractivity contribution in [2.75, 3.05) is 20.8 Å². The minimum absolute atomic E-state index is 0.190. The van der Waals surface area contributed by atoms with Crippen LogP contribution in [0.25, 0.3) is 11.1 Å². The molecule has 178 valence electrons. The number of hydrogen-bond donors (Lipinski definition) is 0. The Labute approximate surface area is 200 Å². The highest BCUT2D eigenvalue weighted by molar-refractivity contribution is 5.70. The molecule has 0 N–H and O–H groups in total. The van der Waals surface area contributed by atoms with Crippen LogP contribution < -0.4 is 9.47 Å². The second kappa shape index (κ2) is 9.71. The molecule has 7 nitrogen and oxygen atoms in total. The Morgan fingerprint density at radius 3 is 2.26 bits per heavy atom. The third-order valence-corrected chi connectivity index (χ3v) is 5.91. The lowest BCUT2D eigenvalue weighted by Crippen LogP contribution is -2.43. The van der Waals surface area contributed by atoms with Crippen LogP contribution in [0.4, 0.5) is 4.79 Å². The van der Waals surface area contributed by atoms with Gasteiger partial charge in [-0.3, -0.25) is 0 Å². The molecule has 4 rings (SSSR count). The lowest BCUT2D eigenvalue weighted by Gasteiger charge is -2.38. The number of rotatable bonds is 5. The molecule has 0 saturated carbocycles. The van der Waals surface area contributed by atoms with Gasteiger partial charge in [0.2, 0.25) is 0 Å². The maximum Gasteiger partial charge on any atom is 0.410 e. The zero-order chi connectivity index (χ0) is 24.3. The molecule has 1 aromatic heterocycles. The number of amides is 1. The maximum atomic E-state index is 13.2. The lowest BCUT2D eigenvalue weighted by molar-refractivity contribution is 0.0141. The van der Waals surface area contributed by atoms with Crippen LogP contribution in [0, 0.1) is 0 Å². The minimum Gasteiger partial charge on any atom is -0.493 e. The van der Waals surface area contributed by atoms with Gasteiger partial charge in [-0.25, -0.2) is 14.8 Å². The molecular weight excluding hydrogens is 430 g/mol. The van der Waals surface area contributed by atoms with Gasteiger partial charge in [-0.15, -0.1) is 0 Å². The van der Waals surface area contributed by atoms with Gasteiger partial charge in [-0.2, -0.15) is 0 Å². The van der Waals surface area contributed by atoms with E-state index >= 15 is 0 Å². The minimum atomic E-state index is -0.571. The Hall–Kier alpha value is -3.61. The van der Waals surface area contributed by atoms with Crippen LogP contribution in [0.15, 0.2) is 55.1 Å². The fourth-order valence-electron chi connectivity index (χ4n) is 4.29. The molecule has 3 aromatic rings. The molecule has 1 unspecified atom stereocenters. The van der Waals surface area contributed by atoms with Crippen molar-refractivity contribution >= 4 is 6.09 Å². The van der Waals surface area contributed by atoms with Crippen molar-refractivity contribution < 1.29 is 19.0 Å². The van der Waals surface area contributed by atoms with E-state index in [1.165, 1.54) is 6.33 Å². The maximum absolute atomic E-state index is 13.2. The monoisotopic (exact) mass is 461 g/mol. The number of ether oxygens (including phenoxy) is 3. The summed E-state index contributed by atoms with van der Waals surface area (Å²) in [6, 6.07) is 12.1. The van der Waals surface area contributed by atoms with Gasteiger partial charge < -0.3 is 19.1 Å². The average molecular weight is 462 g/mol. The van der Waals surface area contributed by atoms with Crippen LogP contribution in [-0.2, 0) is 17.6 Å². The quantitative estimate of drug-likeness (QED) is 0.517. The zero-order valence-corrected chi connectivity index (χ0v) is 20.4. The van der Waals surface area contributed by atoms with E-state index in [1.54, 1.807) is 26.6 Å². The Morgan fingerprint density at radius 2 is 1.65 bits per heavy atom. The van der Waals surface area contributed by atoms with Gasteiger partial charge in [-0.1, -0.05) is 24.3 Å². The summed E-state index contributed by atoms with van der Waals surface area (Å²) in [4.78, 5) is 23.2. The number of carbonyl (C=O) groups excluding carboxylic acids is 1. The number of aromatic nitrogens is 2. The molecule has 0 spiro atoms. The zero-order valence-electron chi connectivity index (χ0n) is 20.4. The molecular formula is C27H31N3O4. The van der Waals surface area contributed by atoms with Crippen molar-refractivity contribution in [3.63, 3.8) is 0 Å². The smallest absolute Gasteiger partial charge is 0.410 e. The Morgan fingerprint density at radius 1 is 1.00 bits per heavy atom. The number of hydrogen-bond acceptors (Lipinski definition) is 6. The summed E-state index contributed by atoms with van der Waals surface area (Å²) in [6.07, 6.45) is 6.17. The molecule has 1 atom stereocenters. The van der Waals surface area contributed by atoms with Crippen LogP contribution >= 0.6 is 0 Å². The van der Waals surface area contributed by atoms with E-state index in [2.05, 4.69) is 34.2 Å². The summed E-state index contributed by atoms with van der Waals surface area (Å²) in [7, 11) is 3.26. The first-order valence-corrected chi connectivity index (χ1v) is 11.4. The summed E-state index contributed by atoms with van der Waals surface area (Å²) < 4.78 is 16.8. The van der Waals surface area contributed by atoms with E-state index < -0.39 is 5.60 Å². The summed E-state index contributed by atoms with van der Waals surface area (Å²) in [5.41, 5.74) is 4.75. The van der Waals surface area contributed by atoms with Crippen molar-refractivity contribution in [1.82, 2.24) is 14.9 Å².